The lowest BCUT2D eigenvalue weighted by Crippen LogP contribution is -2.45. The third-order valence-electron chi connectivity index (χ3n) is 5.40. The minimum Gasteiger partial charge on any atom is -0.484 e. The Hall–Kier alpha value is -0.810. The summed E-state index contributed by atoms with van der Waals surface area (Å²) in [4.78, 5) is 12.2. The molecule has 1 heterocycles. The maximum absolute atomic E-state index is 12.2. The maximum Gasteiger partial charge on any atom is 0.258 e. The van der Waals surface area contributed by atoms with Crippen molar-refractivity contribution in [2.24, 2.45) is 11.8 Å². The molecule has 0 spiro atoms. The van der Waals surface area contributed by atoms with Gasteiger partial charge in [-0.15, -0.1) is 23.5 Å². The van der Waals surface area contributed by atoms with E-state index in [-0.39, 0.29) is 12.5 Å². The molecule has 1 aromatic rings. The fourth-order valence-electron chi connectivity index (χ4n) is 3.58. The van der Waals surface area contributed by atoms with E-state index in [0.29, 0.717) is 22.5 Å². The number of nitrogens with one attached hydrogen (secondary N) is 1. The molecule has 2 fully saturated rings. The van der Waals surface area contributed by atoms with Gasteiger partial charge in [-0.2, -0.15) is 0 Å². The first-order valence-corrected chi connectivity index (χ1v) is 11.5. The topological polar surface area (TPSA) is 38.3 Å². The Kier molecular flexibility index (Phi) is 7.00. The van der Waals surface area contributed by atoms with E-state index in [1.54, 1.807) is 0 Å². The number of carbonyl (C=O) groups is 1. The highest BCUT2D eigenvalue weighted by molar-refractivity contribution is 8.16. The zero-order chi connectivity index (χ0) is 17.6. The van der Waals surface area contributed by atoms with E-state index in [0.717, 1.165) is 12.2 Å². The number of hydrogen-bond donors (Lipinski definition) is 1. The van der Waals surface area contributed by atoms with Crippen LogP contribution in [0.3, 0.4) is 0 Å². The van der Waals surface area contributed by atoms with Crippen LogP contribution in [-0.2, 0) is 4.79 Å². The summed E-state index contributed by atoms with van der Waals surface area (Å²) in [5, 5.41) is 3.16. The fourth-order valence-corrected chi connectivity index (χ4v) is 6.48. The van der Waals surface area contributed by atoms with Crippen LogP contribution in [0, 0.1) is 11.8 Å². The summed E-state index contributed by atoms with van der Waals surface area (Å²) >= 11 is 4.04. The van der Waals surface area contributed by atoms with Gasteiger partial charge in [0.25, 0.3) is 5.91 Å². The van der Waals surface area contributed by atoms with Gasteiger partial charge >= 0.3 is 0 Å². The summed E-state index contributed by atoms with van der Waals surface area (Å²) < 4.78 is 6.23. The van der Waals surface area contributed by atoms with E-state index in [2.05, 4.69) is 31.3 Å². The van der Waals surface area contributed by atoms with Crippen LogP contribution < -0.4 is 10.1 Å². The molecule has 0 aromatic heterocycles. The van der Waals surface area contributed by atoms with E-state index < -0.39 is 0 Å². The number of carbonyl (C=O) groups excluding carboxylic acids is 1. The van der Waals surface area contributed by atoms with Crippen LogP contribution in [0.25, 0.3) is 0 Å². The fraction of sp³-hybridized carbons (Fsp3) is 0.650. The monoisotopic (exact) mass is 379 g/mol. The van der Waals surface area contributed by atoms with Crippen LogP contribution in [0.2, 0.25) is 0 Å². The average molecular weight is 380 g/mol. The van der Waals surface area contributed by atoms with Gasteiger partial charge in [0.05, 0.1) is 4.58 Å². The molecule has 3 unspecified atom stereocenters. The normalized spacial score (nSPS) is 27.7. The van der Waals surface area contributed by atoms with Crippen molar-refractivity contribution in [1.29, 1.82) is 0 Å². The molecule has 1 aromatic carbocycles. The third-order valence-corrected chi connectivity index (χ3v) is 8.42. The number of benzene rings is 1. The van der Waals surface area contributed by atoms with Crippen molar-refractivity contribution in [1.82, 2.24) is 5.32 Å². The molecule has 1 N–H and O–H groups in total. The molecule has 2 aliphatic rings. The Morgan fingerprint density at radius 3 is 2.56 bits per heavy atom. The van der Waals surface area contributed by atoms with Crippen LogP contribution in [0.1, 0.15) is 49.7 Å². The number of amides is 1. The molecule has 0 bridgehead atoms. The SMILES string of the molecule is CC1CCCC(NC(=O)COc2ccc(C3SCCCS3)cc2)C1C. The smallest absolute Gasteiger partial charge is 0.258 e. The van der Waals surface area contributed by atoms with Crippen molar-refractivity contribution >= 4 is 29.4 Å². The van der Waals surface area contributed by atoms with Crippen molar-refractivity contribution in [2.75, 3.05) is 18.1 Å². The number of hydrogen-bond acceptors (Lipinski definition) is 4. The van der Waals surface area contributed by atoms with Gasteiger partial charge in [0.15, 0.2) is 6.61 Å². The highest BCUT2D eigenvalue weighted by Gasteiger charge is 2.28. The Labute approximate surface area is 160 Å². The lowest BCUT2D eigenvalue weighted by atomic mass is 9.78. The van der Waals surface area contributed by atoms with Gasteiger partial charge in [0, 0.05) is 6.04 Å². The summed E-state index contributed by atoms with van der Waals surface area (Å²) in [5.41, 5.74) is 1.34. The molecular formula is C20H29NO2S2. The molecule has 3 nitrogen and oxygen atoms in total. The Morgan fingerprint density at radius 2 is 1.84 bits per heavy atom. The van der Waals surface area contributed by atoms with E-state index in [4.69, 9.17) is 4.74 Å². The summed E-state index contributed by atoms with van der Waals surface area (Å²) in [6, 6.07) is 8.54. The standard InChI is InChI=1S/C20H29NO2S2/c1-14-5-3-6-18(15(14)2)21-19(22)13-23-17-9-7-16(8-10-17)20-24-11-4-12-25-20/h7-10,14-15,18,20H,3-6,11-13H2,1-2H3,(H,21,22). The quantitative estimate of drug-likeness (QED) is 0.792. The number of ether oxygens (including phenoxy) is 1. The van der Waals surface area contributed by atoms with E-state index in [1.807, 2.05) is 35.7 Å². The molecule has 0 radical (unpaired) electrons. The predicted octanol–water partition coefficient (Wildman–Crippen LogP) is 4.88. The molecule has 1 saturated carbocycles. The lowest BCUT2D eigenvalue weighted by molar-refractivity contribution is -0.124. The van der Waals surface area contributed by atoms with Crippen molar-refractivity contribution < 1.29 is 9.53 Å². The van der Waals surface area contributed by atoms with Gasteiger partial charge in [-0.3, -0.25) is 4.79 Å². The molecule has 3 atom stereocenters. The zero-order valence-corrected chi connectivity index (χ0v) is 16.8. The second-order valence-electron chi connectivity index (χ2n) is 7.23. The van der Waals surface area contributed by atoms with Gasteiger partial charge < -0.3 is 10.1 Å². The molecule has 138 valence electrons. The van der Waals surface area contributed by atoms with E-state index >= 15 is 0 Å². The van der Waals surface area contributed by atoms with Gasteiger partial charge in [-0.05, 0) is 53.9 Å². The summed E-state index contributed by atoms with van der Waals surface area (Å²) in [7, 11) is 0. The van der Waals surface area contributed by atoms with Gasteiger partial charge in [0.1, 0.15) is 5.75 Å². The van der Waals surface area contributed by atoms with Crippen molar-refractivity contribution in [3.63, 3.8) is 0 Å². The van der Waals surface area contributed by atoms with E-state index in [9.17, 15) is 4.79 Å². The number of rotatable bonds is 5. The molecule has 1 aliphatic heterocycles. The van der Waals surface area contributed by atoms with Gasteiger partial charge in [-0.25, -0.2) is 0 Å². The number of thioether (sulfide) groups is 2. The average Bonchev–Trinajstić information content (AvgIpc) is 2.65. The van der Waals surface area contributed by atoms with Crippen LogP contribution in [-0.4, -0.2) is 30.1 Å². The first kappa shape index (κ1) is 19.0. The molecule has 5 heteroatoms. The van der Waals surface area contributed by atoms with Crippen molar-refractivity contribution in [3.8, 4) is 5.75 Å². The summed E-state index contributed by atoms with van der Waals surface area (Å²) in [5.74, 6) is 4.48. The summed E-state index contributed by atoms with van der Waals surface area (Å²) in [6.07, 6.45) is 4.87. The summed E-state index contributed by atoms with van der Waals surface area (Å²) in [6.45, 7) is 4.63. The molecule has 1 amide bonds. The van der Waals surface area contributed by atoms with Gasteiger partial charge in [0.2, 0.25) is 0 Å². The van der Waals surface area contributed by atoms with Gasteiger partial charge in [-0.1, -0.05) is 38.8 Å². The van der Waals surface area contributed by atoms with Crippen LogP contribution in [0.4, 0.5) is 0 Å². The predicted molar refractivity (Wildman–Crippen MR) is 108 cm³/mol. The second kappa shape index (κ2) is 9.22. The first-order chi connectivity index (χ1) is 12.1. The largest absolute Gasteiger partial charge is 0.484 e. The van der Waals surface area contributed by atoms with Crippen LogP contribution in [0.5, 0.6) is 5.75 Å². The van der Waals surface area contributed by atoms with Crippen LogP contribution in [0.15, 0.2) is 24.3 Å². The molecular weight excluding hydrogens is 350 g/mol. The molecule has 1 saturated heterocycles. The second-order valence-corrected chi connectivity index (χ2v) is 9.95. The zero-order valence-electron chi connectivity index (χ0n) is 15.2. The lowest BCUT2D eigenvalue weighted by Gasteiger charge is -2.34. The molecule has 25 heavy (non-hydrogen) atoms. The third kappa shape index (κ3) is 5.33. The highest BCUT2D eigenvalue weighted by Crippen LogP contribution is 2.43. The minimum atomic E-state index is -0.00609. The maximum atomic E-state index is 12.2. The van der Waals surface area contributed by atoms with Crippen LogP contribution >= 0.6 is 23.5 Å². The molecule has 3 rings (SSSR count). The van der Waals surface area contributed by atoms with Crippen molar-refractivity contribution in [2.45, 2.75) is 50.2 Å². The van der Waals surface area contributed by atoms with Crippen molar-refractivity contribution in [3.05, 3.63) is 29.8 Å². The highest BCUT2D eigenvalue weighted by atomic mass is 32.2. The Balaban J connectivity index is 1.45. The Morgan fingerprint density at radius 1 is 1.12 bits per heavy atom. The molecule has 1 aliphatic carbocycles. The van der Waals surface area contributed by atoms with E-state index in [1.165, 1.54) is 36.3 Å². The minimum absolute atomic E-state index is 0.00609. The Bertz CT molecular complexity index is 557. The first-order valence-electron chi connectivity index (χ1n) is 9.39.